The minimum absolute atomic E-state index is 0.0155. The molecule has 0 unspecified atom stereocenters. The lowest BCUT2D eigenvalue weighted by atomic mass is 10.3. The fourth-order valence-electron chi connectivity index (χ4n) is 1.57. The average Bonchev–Trinajstić information content (AvgIpc) is 2.60. The van der Waals surface area contributed by atoms with E-state index in [1.807, 2.05) is 0 Å². The molecular weight excluding hydrogens is 290 g/mol. The van der Waals surface area contributed by atoms with Gasteiger partial charge in [0.05, 0.1) is 18.1 Å². The first-order chi connectivity index (χ1) is 8.99. The number of rotatable bonds is 4. The fraction of sp³-hybridized carbons (Fsp3) is 0.333. The lowest BCUT2D eigenvalue weighted by Gasteiger charge is -2.10. The Morgan fingerprint density at radius 3 is 2.68 bits per heavy atom. The van der Waals surface area contributed by atoms with Gasteiger partial charge in [0.25, 0.3) is 0 Å². The number of fused-ring (bicyclic) bond motifs is 1. The van der Waals surface area contributed by atoms with Gasteiger partial charge in [-0.05, 0) is 12.1 Å². The number of sulfonamides is 1. The summed E-state index contributed by atoms with van der Waals surface area (Å²) in [5.41, 5.74) is 0. The van der Waals surface area contributed by atoms with Crippen LogP contribution in [-0.2, 0) is 10.0 Å². The monoisotopic (exact) mass is 303 g/mol. The second-order valence-electron chi connectivity index (χ2n) is 4.00. The third-order valence-electron chi connectivity index (χ3n) is 2.48. The predicted octanol–water partition coefficient (Wildman–Crippen LogP) is 1.88. The highest BCUT2D eigenvalue weighted by molar-refractivity contribution is 7.89. The van der Waals surface area contributed by atoms with Gasteiger partial charge in [0.2, 0.25) is 10.0 Å². The number of ether oxygens (including phenoxy) is 2. The highest BCUT2D eigenvalue weighted by Gasteiger charge is 2.18. The van der Waals surface area contributed by atoms with Crippen LogP contribution in [0, 0.1) is 0 Å². The van der Waals surface area contributed by atoms with Crippen molar-refractivity contribution in [1.82, 2.24) is 4.72 Å². The largest absolute Gasteiger partial charge is 0.490 e. The van der Waals surface area contributed by atoms with E-state index in [0.717, 1.165) is 6.42 Å². The van der Waals surface area contributed by atoms with E-state index < -0.39 is 10.0 Å². The molecule has 5 nitrogen and oxygen atoms in total. The molecule has 0 atom stereocenters. The predicted molar refractivity (Wildman–Crippen MR) is 72.2 cm³/mol. The summed E-state index contributed by atoms with van der Waals surface area (Å²) in [6.07, 6.45) is 0.765. The Bertz CT molecular complexity index is 585. The smallest absolute Gasteiger partial charge is 0.241 e. The average molecular weight is 304 g/mol. The number of benzene rings is 1. The van der Waals surface area contributed by atoms with Gasteiger partial charge >= 0.3 is 0 Å². The van der Waals surface area contributed by atoms with Crippen molar-refractivity contribution in [3.05, 3.63) is 29.8 Å². The van der Waals surface area contributed by atoms with Crippen molar-refractivity contribution in [2.24, 2.45) is 0 Å². The van der Waals surface area contributed by atoms with E-state index in [-0.39, 0.29) is 16.5 Å². The van der Waals surface area contributed by atoms with E-state index in [1.54, 1.807) is 6.07 Å². The molecule has 0 aliphatic carbocycles. The third kappa shape index (κ3) is 3.62. The molecule has 0 fully saturated rings. The fourth-order valence-corrected chi connectivity index (χ4v) is 2.75. The van der Waals surface area contributed by atoms with Crippen molar-refractivity contribution in [3.8, 4) is 11.5 Å². The molecule has 0 radical (unpaired) electrons. The summed E-state index contributed by atoms with van der Waals surface area (Å²) >= 11 is 5.54. The summed E-state index contributed by atoms with van der Waals surface area (Å²) in [6.45, 7) is 4.47. The van der Waals surface area contributed by atoms with Gasteiger partial charge in [0.1, 0.15) is 0 Å². The molecule has 2 rings (SSSR count). The molecule has 0 bridgehead atoms. The van der Waals surface area contributed by atoms with Crippen molar-refractivity contribution in [2.45, 2.75) is 11.3 Å². The van der Waals surface area contributed by atoms with Crippen molar-refractivity contribution >= 4 is 21.6 Å². The molecule has 1 aromatic carbocycles. The lowest BCUT2D eigenvalue weighted by molar-refractivity contribution is 0.297. The van der Waals surface area contributed by atoms with Crippen LogP contribution in [0.3, 0.4) is 0 Å². The summed E-state index contributed by atoms with van der Waals surface area (Å²) in [7, 11) is -3.63. The highest BCUT2D eigenvalue weighted by atomic mass is 35.5. The summed E-state index contributed by atoms with van der Waals surface area (Å²) in [4.78, 5) is 0.106. The Balaban J connectivity index is 2.25. The van der Waals surface area contributed by atoms with Crippen LogP contribution >= 0.6 is 11.6 Å². The lowest BCUT2D eigenvalue weighted by Crippen LogP contribution is -2.24. The van der Waals surface area contributed by atoms with Crippen LogP contribution in [0.5, 0.6) is 11.5 Å². The van der Waals surface area contributed by atoms with Crippen LogP contribution in [0.1, 0.15) is 6.42 Å². The van der Waals surface area contributed by atoms with Gasteiger partial charge in [-0.2, -0.15) is 0 Å². The molecule has 1 N–H and O–H groups in total. The molecular formula is C12H14ClNO4S. The second-order valence-corrected chi connectivity index (χ2v) is 6.30. The Labute approximate surface area is 117 Å². The van der Waals surface area contributed by atoms with E-state index in [2.05, 4.69) is 11.3 Å². The highest BCUT2D eigenvalue weighted by Crippen LogP contribution is 2.31. The number of halogens is 1. The molecule has 0 saturated heterocycles. The van der Waals surface area contributed by atoms with Crippen LogP contribution < -0.4 is 14.2 Å². The maximum Gasteiger partial charge on any atom is 0.241 e. The van der Waals surface area contributed by atoms with Crippen molar-refractivity contribution in [3.63, 3.8) is 0 Å². The van der Waals surface area contributed by atoms with E-state index in [9.17, 15) is 8.42 Å². The maximum absolute atomic E-state index is 12.0. The first-order valence-electron chi connectivity index (χ1n) is 5.71. The van der Waals surface area contributed by atoms with Crippen LogP contribution in [-0.4, -0.2) is 28.2 Å². The zero-order chi connectivity index (χ0) is 13.9. The SMILES string of the molecule is C=C(Cl)CNS(=O)(=O)c1ccc2c(c1)OCCCO2. The van der Waals surface area contributed by atoms with Gasteiger partial charge in [-0.3, -0.25) is 0 Å². The molecule has 1 aliphatic heterocycles. The minimum atomic E-state index is -3.63. The first kappa shape index (κ1) is 14.2. The number of hydrogen-bond acceptors (Lipinski definition) is 4. The van der Waals surface area contributed by atoms with Gasteiger partial charge in [0.15, 0.2) is 11.5 Å². The standard InChI is InChI=1S/C12H14ClNO4S/c1-9(13)8-14-19(15,16)10-3-4-11-12(7-10)18-6-2-5-17-11/h3-4,7,14H,1-2,5-6,8H2. The maximum atomic E-state index is 12.0. The zero-order valence-electron chi connectivity index (χ0n) is 10.2. The summed E-state index contributed by atoms with van der Waals surface area (Å²) in [5.74, 6) is 0.989. The van der Waals surface area contributed by atoms with E-state index in [0.29, 0.717) is 24.7 Å². The minimum Gasteiger partial charge on any atom is -0.490 e. The molecule has 19 heavy (non-hydrogen) atoms. The summed E-state index contributed by atoms with van der Waals surface area (Å²) in [6, 6.07) is 4.50. The van der Waals surface area contributed by atoms with Gasteiger partial charge < -0.3 is 9.47 Å². The van der Waals surface area contributed by atoms with Gasteiger partial charge in [-0.15, -0.1) is 0 Å². The van der Waals surface area contributed by atoms with Crippen molar-refractivity contribution in [2.75, 3.05) is 19.8 Å². The molecule has 7 heteroatoms. The summed E-state index contributed by atoms with van der Waals surface area (Å²) in [5, 5.41) is 0.220. The quantitative estimate of drug-likeness (QED) is 0.922. The number of nitrogens with one attached hydrogen (secondary N) is 1. The molecule has 1 aliphatic rings. The Kier molecular flexibility index (Phi) is 4.34. The Morgan fingerprint density at radius 2 is 2.00 bits per heavy atom. The number of hydrogen-bond donors (Lipinski definition) is 1. The van der Waals surface area contributed by atoms with Crippen LogP contribution in [0.15, 0.2) is 34.7 Å². The molecule has 0 saturated carbocycles. The van der Waals surface area contributed by atoms with Crippen LogP contribution in [0.2, 0.25) is 0 Å². The first-order valence-corrected chi connectivity index (χ1v) is 7.58. The third-order valence-corrected chi connectivity index (χ3v) is 4.02. The van der Waals surface area contributed by atoms with Crippen molar-refractivity contribution in [1.29, 1.82) is 0 Å². The molecule has 1 aromatic rings. The molecule has 0 amide bonds. The van der Waals surface area contributed by atoms with Gasteiger partial charge in [-0.1, -0.05) is 18.2 Å². The van der Waals surface area contributed by atoms with Gasteiger partial charge in [0, 0.05) is 24.1 Å². The van der Waals surface area contributed by atoms with E-state index in [4.69, 9.17) is 21.1 Å². The molecule has 0 spiro atoms. The molecule has 0 aromatic heterocycles. The Hall–Kier alpha value is -1.24. The van der Waals surface area contributed by atoms with E-state index in [1.165, 1.54) is 12.1 Å². The van der Waals surface area contributed by atoms with Crippen LogP contribution in [0.25, 0.3) is 0 Å². The summed E-state index contributed by atoms with van der Waals surface area (Å²) < 4.78 is 37.2. The van der Waals surface area contributed by atoms with Crippen molar-refractivity contribution < 1.29 is 17.9 Å². The van der Waals surface area contributed by atoms with Crippen LogP contribution in [0.4, 0.5) is 0 Å². The van der Waals surface area contributed by atoms with E-state index >= 15 is 0 Å². The normalized spacial score (nSPS) is 14.8. The zero-order valence-corrected chi connectivity index (χ0v) is 11.8. The van der Waals surface area contributed by atoms with Gasteiger partial charge in [-0.25, -0.2) is 13.1 Å². The molecule has 1 heterocycles. The Morgan fingerprint density at radius 1 is 1.32 bits per heavy atom. The second kappa shape index (κ2) is 5.81. The topological polar surface area (TPSA) is 64.6 Å². The molecule has 104 valence electrons.